The van der Waals surface area contributed by atoms with Gasteiger partial charge in [0.2, 0.25) is 5.91 Å². The summed E-state index contributed by atoms with van der Waals surface area (Å²) >= 11 is 0. The van der Waals surface area contributed by atoms with Crippen LogP contribution in [-0.4, -0.2) is 11.9 Å². The maximum absolute atomic E-state index is 14.1. The van der Waals surface area contributed by atoms with Crippen molar-refractivity contribution in [2.45, 2.75) is 19.0 Å². The number of urea groups is 1. The highest BCUT2D eigenvalue weighted by Gasteiger charge is 2.20. The molecule has 3 aromatic rings. The number of hydrogen-bond donors (Lipinski definition) is 3. The molecule has 0 radical (unpaired) electrons. The number of benzene rings is 3. The van der Waals surface area contributed by atoms with Crippen molar-refractivity contribution in [2.24, 2.45) is 5.73 Å². The van der Waals surface area contributed by atoms with Crippen LogP contribution in [0.1, 0.15) is 23.6 Å². The number of nitrogens with one attached hydrogen (secondary N) is 2. The van der Waals surface area contributed by atoms with Crippen molar-refractivity contribution in [2.75, 3.05) is 0 Å². The Kier molecular flexibility index (Phi) is 7.16. The number of amides is 3. The van der Waals surface area contributed by atoms with Crippen LogP contribution < -0.4 is 21.1 Å². The number of ether oxygens (including phenoxy) is 1. The van der Waals surface area contributed by atoms with Crippen molar-refractivity contribution in [3.63, 3.8) is 0 Å². The SMILES string of the molecule is NC(=O)N[C@H](CC(=O)NCc1ccc(Oc2ccc(F)cc2)cc1)c1ccccc1F. The van der Waals surface area contributed by atoms with Crippen LogP contribution in [0.5, 0.6) is 11.5 Å². The van der Waals surface area contributed by atoms with Gasteiger partial charge in [-0.3, -0.25) is 4.79 Å². The summed E-state index contributed by atoms with van der Waals surface area (Å²) in [5.74, 6) is -0.198. The Balaban J connectivity index is 1.56. The zero-order valence-electron chi connectivity index (χ0n) is 16.5. The van der Waals surface area contributed by atoms with Crippen LogP contribution in [0.25, 0.3) is 0 Å². The molecule has 0 aromatic heterocycles. The van der Waals surface area contributed by atoms with Crippen molar-refractivity contribution in [3.05, 3.63) is 95.6 Å². The first-order valence-corrected chi connectivity index (χ1v) is 9.50. The Morgan fingerprint density at radius 1 is 0.903 bits per heavy atom. The molecule has 3 aromatic carbocycles. The zero-order valence-corrected chi connectivity index (χ0v) is 16.5. The highest BCUT2D eigenvalue weighted by atomic mass is 19.1. The lowest BCUT2D eigenvalue weighted by atomic mass is 10.0. The quantitative estimate of drug-likeness (QED) is 0.506. The third-order valence-corrected chi connectivity index (χ3v) is 4.45. The molecule has 0 bridgehead atoms. The van der Waals surface area contributed by atoms with E-state index in [4.69, 9.17) is 10.5 Å². The fourth-order valence-corrected chi connectivity index (χ4v) is 2.94. The number of nitrogens with two attached hydrogens (primary N) is 1. The highest BCUT2D eigenvalue weighted by Crippen LogP contribution is 2.22. The molecule has 0 spiro atoms. The summed E-state index contributed by atoms with van der Waals surface area (Å²) in [6.07, 6.45) is -0.171. The van der Waals surface area contributed by atoms with E-state index in [-0.39, 0.29) is 30.3 Å². The van der Waals surface area contributed by atoms with Gasteiger partial charge in [0.25, 0.3) is 0 Å². The molecule has 0 aliphatic carbocycles. The van der Waals surface area contributed by atoms with Gasteiger partial charge in [-0.25, -0.2) is 13.6 Å². The minimum Gasteiger partial charge on any atom is -0.457 e. The maximum atomic E-state index is 14.1. The number of carbonyl (C=O) groups is 2. The minimum absolute atomic E-state index is 0.171. The number of rotatable bonds is 8. The van der Waals surface area contributed by atoms with E-state index in [0.717, 1.165) is 5.56 Å². The summed E-state index contributed by atoms with van der Waals surface area (Å²) in [6, 6.07) is 16.8. The molecule has 0 fully saturated rings. The second-order valence-electron chi connectivity index (χ2n) is 6.76. The fraction of sp³-hybridized carbons (Fsp3) is 0.130. The monoisotopic (exact) mass is 425 g/mol. The molecule has 3 rings (SSSR count). The van der Waals surface area contributed by atoms with Gasteiger partial charge in [-0.1, -0.05) is 30.3 Å². The number of primary amides is 1. The molecule has 8 heteroatoms. The van der Waals surface area contributed by atoms with E-state index in [1.54, 1.807) is 30.3 Å². The zero-order chi connectivity index (χ0) is 22.2. The summed E-state index contributed by atoms with van der Waals surface area (Å²) in [5.41, 5.74) is 6.15. The molecule has 3 amide bonds. The van der Waals surface area contributed by atoms with Gasteiger partial charge in [-0.2, -0.15) is 0 Å². The summed E-state index contributed by atoms with van der Waals surface area (Å²) in [4.78, 5) is 23.6. The van der Waals surface area contributed by atoms with Gasteiger partial charge in [0.1, 0.15) is 23.1 Å². The molecule has 1 atom stereocenters. The predicted molar refractivity (Wildman–Crippen MR) is 111 cm³/mol. The first-order valence-electron chi connectivity index (χ1n) is 9.50. The van der Waals surface area contributed by atoms with Crippen molar-refractivity contribution in [3.8, 4) is 11.5 Å². The molecular weight excluding hydrogens is 404 g/mol. The maximum Gasteiger partial charge on any atom is 0.312 e. The van der Waals surface area contributed by atoms with Gasteiger partial charge in [-0.15, -0.1) is 0 Å². The van der Waals surface area contributed by atoms with Crippen LogP contribution in [-0.2, 0) is 11.3 Å². The summed E-state index contributed by atoms with van der Waals surface area (Å²) in [6.45, 7) is 0.232. The second-order valence-corrected chi connectivity index (χ2v) is 6.76. The summed E-state index contributed by atoms with van der Waals surface area (Å²) < 4.78 is 32.6. The lowest BCUT2D eigenvalue weighted by molar-refractivity contribution is -0.121. The van der Waals surface area contributed by atoms with Crippen LogP contribution in [0.15, 0.2) is 72.8 Å². The van der Waals surface area contributed by atoms with Crippen LogP contribution in [0, 0.1) is 11.6 Å². The normalized spacial score (nSPS) is 11.4. The molecule has 0 heterocycles. The lowest BCUT2D eigenvalue weighted by Gasteiger charge is -2.18. The van der Waals surface area contributed by atoms with Gasteiger partial charge in [0.15, 0.2) is 0 Å². The van der Waals surface area contributed by atoms with E-state index < -0.39 is 17.9 Å². The smallest absolute Gasteiger partial charge is 0.312 e. The van der Waals surface area contributed by atoms with E-state index in [1.165, 1.54) is 42.5 Å². The topological polar surface area (TPSA) is 93.5 Å². The Labute approximate surface area is 178 Å². The molecule has 0 aliphatic rings. The van der Waals surface area contributed by atoms with Gasteiger partial charge < -0.3 is 21.1 Å². The molecule has 0 aliphatic heterocycles. The lowest BCUT2D eigenvalue weighted by Crippen LogP contribution is -2.37. The first kappa shape index (κ1) is 21.8. The minimum atomic E-state index is -0.884. The third-order valence-electron chi connectivity index (χ3n) is 4.45. The largest absolute Gasteiger partial charge is 0.457 e. The van der Waals surface area contributed by atoms with Gasteiger partial charge in [0, 0.05) is 12.1 Å². The van der Waals surface area contributed by atoms with Crippen LogP contribution in [0.2, 0.25) is 0 Å². The molecule has 0 saturated heterocycles. The molecular formula is C23H21F2N3O3. The number of hydrogen-bond acceptors (Lipinski definition) is 3. The van der Waals surface area contributed by atoms with Crippen molar-refractivity contribution >= 4 is 11.9 Å². The van der Waals surface area contributed by atoms with Gasteiger partial charge in [-0.05, 0) is 48.0 Å². The van der Waals surface area contributed by atoms with E-state index in [9.17, 15) is 18.4 Å². The number of carbonyl (C=O) groups excluding carboxylic acids is 2. The molecule has 0 saturated carbocycles. The highest BCUT2D eigenvalue weighted by molar-refractivity contribution is 5.78. The van der Waals surface area contributed by atoms with Crippen molar-refractivity contribution in [1.82, 2.24) is 10.6 Å². The summed E-state index contributed by atoms with van der Waals surface area (Å²) in [5, 5.41) is 5.13. The Morgan fingerprint density at radius 2 is 1.52 bits per heavy atom. The average Bonchev–Trinajstić information content (AvgIpc) is 2.74. The number of halogens is 2. The summed E-state index contributed by atoms with van der Waals surface area (Å²) in [7, 11) is 0. The Morgan fingerprint density at radius 3 is 2.13 bits per heavy atom. The van der Waals surface area contributed by atoms with Crippen LogP contribution >= 0.6 is 0 Å². The van der Waals surface area contributed by atoms with Crippen LogP contribution in [0.3, 0.4) is 0 Å². The van der Waals surface area contributed by atoms with Crippen LogP contribution in [0.4, 0.5) is 13.6 Å². The van der Waals surface area contributed by atoms with E-state index in [0.29, 0.717) is 11.5 Å². The third kappa shape index (κ3) is 6.53. The molecule has 31 heavy (non-hydrogen) atoms. The van der Waals surface area contributed by atoms with Gasteiger partial charge >= 0.3 is 6.03 Å². The van der Waals surface area contributed by atoms with E-state index >= 15 is 0 Å². The molecule has 6 nitrogen and oxygen atoms in total. The van der Waals surface area contributed by atoms with E-state index in [1.807, 2.05) is 0 Å². The van der Waals surface area contributed by atoms with Gasteiger partial charge in [0.05, 0.1) is 12.5 Å². The fourth-order valence-electron chi connectivity index (χ4n) is 2.94. The Hall–Kier alpha value is -3.94. The standard InChI is InChI=1S/C23H21F2N3O3/c24-16-7-11-18(12-8-16)31-17-9-5-15(6-10-17)14-27-22(29)13-21(28-23(26)30)19-3-1-2-4-20(19)25/h1-12,21H,13-14H2,(H,27,29)(H3,26,28,30)/t21-/m1/s1. The predicted octanol–water partition coefficient (Wildman–Crippen LogP) is 4.17. The average molecular weight is 425 g/mol. The van der Waals surface area contributed by atoms with E-state index in [2.05, 4.69) is 10.6 Å². The van der Waals surface area contributed by atoms with Crippen molar-refractivity contribution < 1.29 is 23.1 Å². The molecule has 4 N–H and O–H groups in total. The van der Waals surface area contributed by atoms with Crippen molar-refractivity contribution in [1.29, 1.82) is 0 Å². The Bertz CT molecular complexity index is 1040. The first-order chi connectivity index (χ1) is 14.9. The molecule has 0 unspecified atom stereocenters. The second kappa shape index (κ2) is 10.2. The molecule has 160 valence electrons.